The molecule has 2 aliphatic heterocycles. The molecule has 25 heavy (non-hydrogen) atoms. The maximum atomic E-state index is 13.0. The van der Waals surface area contributed by atoms with Gasteiger partial charge >= 0.3 is 0 Å². The van der Waals surface area contributed by atoms with Crippen molar-refractivity contribution in [3.63, 3.8) is 0 Å². The molecule has 0 saturated carbocycles. The normalized spacial score (nSPS) is 18.6. The molecule has 0 amide bonds. The molecule has 4 rings (SSSR count). The molecule has 1 fully saturated rings. The number of rotatable bonds is 4. The molecular formula is C21H24ClFN2. The second kappa shape index (κ2) is 7.35. The summed E-state index contributed by atoms with van der Waals surface area (Å²) in [6, 6.07) is 13.8. The standard InChI is InChI=1S/C21H24ClFN2/c22-18-4-3-17-8-14-25(21(17)15-18)20-9-12-24(13-10-20)11-7-16-1-5-19(23)6-2-16/h1-6,15,20H,7-14H2. The lowest BCUT2D eigenvalue weighted by Gasteiger charge is -2.38. The quantitative estimate of drug-likeness (QED) is 0.791. The number of halogens is 2. The minimum atomic E-state index is -0.157. The molecule has 2 aromatic carbocycles. The highest BCUT2D eigenvalue weighted by Gasteiger charge is 2.29. The van der Waals surface area contributed by atoms with Crippen molar-refractivity contribution >= 4 is 17.3 Å². The van der Waals surface area contributed by atoms with E-state index >= 15 is 0 Å². The zero-order valence-electron chi connectivity index (χ0n) is 14.4. The molecule has 0 unspecified atom stereocenters. The molecule has 0 N–H and O–H groups in total. The van der Waals surface area contributed by atoms with Gasteiger partial charge in [0.15, 0.2) is 0 Å². The van der Waals surface area contributed by atoms with E-state index in [1.807, 2.05) is 18.2 Å². The summed E-state index contributed by atoms with van der Waals surface area (Å²) < 4.78 is 13.0. The maximum Gasteiger partial charge on any atom is 0.123 e. The van der Waals surface area contributed by atoms with Gasteiger partial charge in [-0.1, -0.05) is 29.8 Å². The van der Waals surface area contributed by atoms with Crippen LogP contribution in [0.3, 0.4) is 0 Å². The van der Waals surface area contributed by atoms with E-state index in [9.17, 15) is 4.39 Å². The fraction of sp³-hybridized carbons (Fsp3) is 0.429. The van der Waals surface area contributed by atoms with Gasteiger partial charge in [0, 0.05) is 42.9 Å². The number of hydrogen-bond acceptors (Lipinski definition) is 2. The van der Waals surface area contributed by atoms with Crippen LogP contribution in [0.2, 0.25) is 5.02 Å². The van der Waals surface area contributed by atoms with Crippen LogP contribution in [0.1, 0.15) is 24.0 Å². The molecular weight excluding hydrogens is 335 g/mol. The summed E-state index contributed by atoms with van der Waals surface area (Å²) in [4.78, 5) is 5.10. The van der Waals surface area contributed by atoms with Gasteiger partial charge in [-0.25, -0.2) is 4.39 Å². The Balaban J connectivity index is 1.30. The average molecular weight is 359 g/mol. The first kappa shape index (κ1) is 16.9. The van der Waals surface area contributed by atoms with E-state index in [2.05, 4.69) is 21.9 Å². The summed E-state index contributed by atoms with van der Waals surface area (Å²) in [5, 5.41) is 0.836. The van der Waals surface area contributed by atoms with Gasteiger partial charge in [-0.3, -0.25) is 0 Å². The monoisotopic (exact) mass is 358 g/mol. The largest absolute Gasteiger partial charge is 0.368 e. The van der Waals surface area contributed by atoms with E-state index in [0.29, 0.717) is 6.04 Å². The highest BCUT2D eigenvalue weighted by molar-refractivity contribution is 6.30. The molecule has 0 aliphatic carbocycles. The number of nitrogens with zero attached hydrogens (tertiary/aromatic N) is 2. The Morgan fingerprint density at radius 1 is 1.00 bits per heavy atom. The highest BCUT2D eigenvalue weighted by atomic mass is 35.5. The van der Waals surface area contributed by atoms with Crippen LogP contribution in [0, 0.1) is 5.82 Å². The summed E-state index contributed by atoms with van der Waals surface area (Å²) in [6.07, 6.45) is 4.54. The molecule has 0 radical (unpaired) electrons. The molecule has 2 nitrogen and oxygen atoms in total. The Bertz CT molecular complexity index is 723. The first-order valence-electron chi connectivity index (χ1n) is 9.21. The van der Waals surface area contributed by atoms with Gasteiger partial charge in [0.25, 0.3) is 0 Å². The third-order valence-corrected chi connectivity index (χ3v) is 5.84. The van der Waals surface area contributed by atoms with Crippen molar-refractivity contribution < 1.29 is 4.39 Å². The Kier molecular flexibility index (Phi) is 4.96. The molecule has 132 valence electrons. The molecule has 2 aliphatic rings. The maximum absolute atomic E-state index is 13.0. The number of hydrogen-bond donors (Lipinski definition) is 0. The zero-order chi connectivity index (χ0) is 17.2. The molecule has 2 aromatic rings. The lowest BCUT2D eigenvalue weighted by Crippen LogP contribution is -2.45. The second-order valence-electron chi connectivity index (χ2n) is 7.17. The number of benzene rings is 2. The fourth-order valence-electron chi connectivity index (χ4n) is 4.15. The van der Waals surface area contributed by atoms with Gasteiger partial charge in [0.2, 0.25) is 0 Å². The van der Waals surface area contributed by atoms with Crippen molar-refractivity contribution in [2.24, 2.45) is 0 Å². The Hall–Kier alpha value is -1.58. The minimum Gasteiger partial charge on any atom is -0.368 e. The van der Waals surface area contributed by atoms with Crippen LogP contribution in [0.25, 0.3) is 0 Å². The van der Waals surface area contributed by atoms with Crippen molar-refractivity contribution in [3.8, 4) is 0 Å². The minimum absolute atomic E-state index is 0.157. The van der Waals surface area contributed by atoms with Gasteiger partial charge in [-0.15, -0.1) is 0 Å². The molecule has 0 aromatic heterocycles. The van der Waals surface area contributed by atoms with Crippen LogP contribution < -0.4 is 4.90 Å². The van der Waals surface area contributed by atoms with E-state index in [1.54, 1.807) is 12.1 Å². The van der Waals surface area contributed by atoms with Crippen LogP contribution >= 0.6 is 11.6 Å². The lowest BCUT2D eigenvalue weighted by atomic mass is 10.0. The van der Waals surface area contributed by atoms with Crippen LogP contribution in [0.15, 0.2) is 42.5 Å². The second-order valence-corrected chi connectivity index (χ2v) is 7.60. The summed E-state index contributed by atoms with van der Waals surface area (Å²) in [7, 11) is 0. The molecule has 1 saturated heterocycles. The summed E-state index contributed by atoms with van der Waals surface area (Å²) >= 11 is 6.20. The van der Waals surface area contributed by atoms with Crippen molar-refractivity contribution in [2.45, 2.75) is 31.7 Å². The molecule has 2 heterocycles. The van der Waals surface area contributed by atoms with Crippen molar-refractivity contribution in [1.29, 1.82) is 0 Å². The van der Waals surface area contributed by atoms with E-state index in [4.69, 9.17) is 11.6 Å². The summed E-state index contributed by atoms with van der Waals surface area (Å²) in [6.45, 7) is 4.45. The van der Waals surface area contributed by atoms with Gasteiger partial charge in [0.05, 0.1) is 0 Å². The Morgan fingerprint density at radius 2 is 1.76 bits per heavy atom. The van der Waals surface area contributed by atoms with Crippen molar-refractivity contribution in [2.75, 3.05) is 31.1 Å². The molecule has 0 spiro atoms. The van der Waals surface area contributed by atoms with Crippen LogP contribution in [0.4, 0.5) is 10.1 Å². The first-order chi connectivity index (χ1) is 12.2. The average Bonchev–Trinajstić information content (AvgIpc) is 3.05. The van der Waals surface area contributed by atoms with E-state index in [0.717, 1.165) is 44.0 Å². The molecule has 0 atom stereocenters. The van der Waals surface area contributed by atoms with E-state index in [1.165, 1.54) is 29.7 Å². The van der Waals surface area contributed by atoms with E-state index in [-0.39, 0.29) is 5.82 Å². The number of likely N-dealkylation sites (tertiary alicyclic amines) is 1. The third kappa shape index (κ3) is 3.83. The number of piperidine rings is 1. The number of fused-ring (bicyclic) bond motifs is 1. The van der Waals surface area contributed by atoms with Gasteiger partial charge < -0.3 is 9.80 Å². The first-order valence-corrected chi connectivity index (χ1v) is 9.59. The van der Waals surface area contributed by atoms with Gasteiger partial charge in [0.1, 0.15) is 5.82 Å². The summed E-state index contributed by atoms with van der Waals surface area (Å²) in [5.41, 5.74) is 3.99. The van der Waals surface area contributed by atoms with Crippen LogP contribution in [0.5, 0.6) is 0 Å². The van der Waals surface area contributed by atoms with Crippen LogP contribution in [-0.2, 0) is 12.8 Å². The third-order valence-electron chi connectivity index (χ3n) is 5.61. The van der Waals surface area contributed by atoms with Crippen molar-refractivity contribution in [3.05, 3.63) is 64.4 Å². The predicted molar refractivity (Wildman–Crippen MR) is 102 cm³/mol. The fourth-order valence-corrected chi connectivity index (χ4v) is 4.32. The topological polar surface area (TPSA) is 6.48 Å². The highest BCUT2D eigenvalue weighted by Crippen LogP contribution is 2.34. The summed E-state index contributed by atoms with van der Waals surface area (Å²) in [5.74, 6) is -0.157. The van der Waals surface area contributed by atoms with Crippen LogP contribution in [-0.4, -0.2) is 37.1 Å². The molecule has 4 heteroatoms. The van der Waals surface area contributed by atoms with Crippen molar-refractivity contribution in [1.82, 2.24) is 4.90 Å². The lowest BCUT2D eigenvalue weighted by molar-refractivity contribution is 0.212. The van der Waals surface area contributed by atoms with E-state index < -0.39 is 0 Å². The predicted octanol–water partition coefficient (Wildman–Crippen LogP) is 4.55. The zero-order valence-corrected chi connectivity index (χ0v) is 15.2. The number of anilines is 1. The smallest absolute Gasteiger partial charge is 0.123 e. The molecule has 0 bridgehead atoms. The Labute approximate surface area is 154 Å². The van der Waals surface area contributed by atoms with Gasteiger partial charge in [-0.05, 0) is 61.1 Å². The Morgan fingerprint density at radius 3 is 2.52 bits per heavy atom. The van der Waals surface area contributed by atoms with Gasteiger partial charge in [-0.2, -0.15) is 0 Å². The SMILES string of the molecule is Fc1ccc(CCN2CCC(N3CCc4ccc(Cl)cc43)CC2)cc1.